The van der Waals surface area contributed by atoms with E-state index in [9.17, 15) is 8.78 Å². The molecule has 16 heavy (non-hydrogen) atoms. The smallest absolute Gasteiger partial charge is 0.134 e. The van der Waals surface area contributed by atoms with Crippen LogP contribution in [0.25, 0.3) is 11.1 Å². The van der Waals surface area contributed by atoms with Crippen molar-refractivity contribution < 1.29 is 13.9 Å². The quantitative estimate of drug-likeness (QED) is 0.777. The van der Waals surface area contributed by atoms with E-state index in [1.807, 2.05) is 0 Å². The van der Waals surface area contributed by atoms with Crippen LogP contribution in [0.4, 0.5) is 8.78 Å². The van der Waals surface area contributed by atoms with Crippen LogP contribution in [0, 0.1) is 18.6 Å². The third-order valence-electron chi connectivity index (χ3n) is 2.34. The van der Waals surface area contributed by atoms with Crippen LogP contribution >= 0.6 is 0 Å². The lowest BCUT2D eigenvalue weighted by molar-refractivity contribution is 0.475. The molecule has 2 aromatic carbocycles. The Balaban J connectivity index is 2.60. The second-order valence-corrected chi connectivity index (χ2v) is 3.65. The Morgan fingerprint density at radius 1 is 0.938 bits per heavy atom. The van der Waals surface area contributed by atoms with Crippen molar-refractivity contribution in [2.45, 2.75) is 6.92 Å². The molecule has 0 spiro atoms. The molecule has 0 aliphatic rings. The number of hydrogen-bond donors (Lipinski definition) is 1. The van der Waals surface area contributed by atoms with Crippen molar-refractivity contribution in [1.82, 2.24) is 0 Å². The first kappa shape index (κ1) is 10.6. The largest absolute Gasteiger partial charge is 0.508 e. The molecule has 82 valence electrons. The van der Waals surface area contributed by atoms with Gasteiger partial charge in [-0.2, -0.15) is 0 Å². The van der Waals surface area contributed by atoms with Gasteiger partial charge in [0.25, 0.3) is 0 Å². The lowest BCUT2D eigenvalue weighted by atomic mass is 10.0. The molecular weight excluding hydrogens is 210 g/mol. The van der Waals surface area contributed by atoms with E-state index >= 15 is 0 Å². The number of halogens is 2. The Kier molecular flexibility index (Phi) is 2.60. The van der Waals surface area contributed by atoms with Crippen molar-refractivity contribution in [1.29, 1.82) is 0 Å². The van der Waals surface area contributed by atoms with Gasteiger partial charge in [-0.1, -0.05) is 12.1 Å². The highest BCUT2D eigenvalue weighted by molar-refractivity contribution is 5.65. The number of aromatic hydroxyl groups is 1. The topological polar surface area (TPSA) is 20.2 Å². The molecule has 0 amide bonds. The van der Waals surface area contributed by atoms with Crippen LogP contribution in [-0.2, 0) is 0 Å². The van der Waals surface area contributed by atoms with Crippen LogP contribution in [-0.4, -0.2) is 5.11 Å². The molecule has 0 radical (unpaired) electrons. The molecule has 0 atom stereocenters. The molecule has 3 heteroatoms. The Labute approximate surface area is 92.0 Å². The van der Waals surface area contributed by atoms with Crippen LogP contribution in [0.15, 0.2) is 36.4 Å². The molecule has 0 saturated carbocycles. The van der Waals surface area contributed by atoms with Gasteiger partial charge < -0.3 is 5.11 Å². The molecule has 0 fully saturated rings. The minimum absolute atomic E-state index is 0.0643. The molecule has 1 N–H and O–H groups in total. The summed E-state index contributed by atoms with van der Waals surface area (Å²) >= 11 is 0. The first-order chi connectivity index (χ1) is 7.58. The van der Waals surface area contributed by atoms with E-state index in [2.05, 4.69) is 0 Å². The zero-order valence-corrected chi connectivity index (χ0v) is 8.67. The van der Waals surface area contributed by atoms with Gasteiger partial charge in [-0.25, -0.2) is 8.78 Å². The predicted octanol–water partition coefficient (Wildman–Crippen LogP) is 3.65. The molecule has 2 rings (SSSR count). The van der Waals surface area contributed by atoms with Crippen LogP contribution < -0.4 is 0 Å². The molecule has 0 aromatic heterocycles. The summed E-state index contributed by atoms with van der Waals surface area (Å²) in [6.45, 7) is 1.63. The fraction of sp³-hybridized carbons (Fsp3) is 0.0769. The first-order valence-electron chi connectivity index (χ1n) is 4.83. The standard InChI is InChI=1S/C13H10F2O/c1-8-6-11(14)13(12(15)7-8)9-2-4-10(16)5-3-9/h2-7,16H,1H3. The SMILES string of the molecule is Cc1cc(F)c(-c2ccc(O)cc2)c(F)c1. The summed E-state index contributed by atoms with van der Waals surface area (Å²) in [7, 11) is 0. The summed E-state index contributed by atoms with van der Waals surface area (Å²) in [6, 6.07) is 8.32. The van der Waals surface area contributed by atoms with E-state index in [1.165, 1.54) is 36.4 Å². The predicted molar refractivity (Wildman–Crippen MR) is 58.2 cm³/mol. The lowest BCUT2D eigenvalue weighted by Gasteiger charge is -2.06. The first-order valence-corrected chi connectivity index (χ1v) is 4.83. The average molecular weight is 220 g/mol. The Bertz CT molecular complexity index is 495. The van der Waals surface area contributed by atoms with Gasteiger partial charge in [0.1, 0.15) is 17.4 Å². The van der Waals surface area contributed by atoms with Crippen LogP contribution in [0.5, 0.6) is 5.75 Å². The van der Waals surface area contributed by atoms with Crippen molar-refractivity contribution in [3.8, 4) is 16.9 Å². The molecule has 0 bridgehead atoms. The van der Waals surface area contributed by atoms with E-state index in [-0.39, 0.29) is 11.3 Å². The number of hydrogen-bond acceptors (Lipinski definition) is 1. The van der Waals surface area contributed by atoms with E-state index in [4.69, 9.17) is 5.11 Å². The normalized spacial score (nSPS) is 10.4. The Morgan fingerprint density at radius 3 is 1.94 bits per heavy atom. The van der Waals surface area contributed by atoms with Crippen LogP contribution in [0.2, 0.25) is 0 Å². The van der Waals surface area contributed by atoms with Gasteiger partial charge in [0.2, 0.25) is 0 Å². The molecule has 0 unspecified atom stereocenters. The summed E-state index contributed by atoms with van der Waals surface area (Å²) in [5.74, 6) is -1.12. The van der Waals surface area contributed by atoms with Gasteiger partial charge in [-0.3, -0.25) is 0 Å². The van der Waals surface area contributed by atoms with Crippen molar-refractivity contribution in [3.05, 3.63) is 53.6 Å². The van der Waals surface area contributed by atoms with E-state index < -0.39 is 11.6 Å². The summed E-state index contributed by atoms with van der Waals surface area (Å²) in [5.41, 5.74) is 0.885. The van der Waals surface area contributed by atoms with Gasteiger partial charge >= 0.3 is 0 Å². The second-order valence-electron chi connectivity index (χ2n) is 3.65. The summed E-state index contributed by atoms with van der Waals surface area (Å²) in [5, 5.41) is 9.10. The number of rotatable bonds is 1. The van der Waals surface area contributed by atoms with E-state index in [0.717, 1.165) is 0 Å². The monoisotopic (exact) mass is 220 g/mol. The van der Waals surface area contributed by atoms with E-state index in [1.54, 1.807) is 6.92 Å². The molecule has 0 saturated heterocycles. The molecule has 1 nitrogen and oxygen atoms in total. The highest BCUT2D eigenvalue weighted by Gasteiger charge is 2.11. The van der Waals surface area contributed by atoms with Gasteiger partial charge in [0.15, 0.2) is 0 Å². The Morgan fingerprint density at radius 2 is 1.44 bits per heavy atom. The zero-order chi connectivity index (χ0) is 11.7. The highest BCUT2D eigenvalue weighted by atomic mass is 19.1. The highest BCUT2D eigenvalue weighted by Crippen LogP contribution is 2.28. The van der Waals surface area contributed by atoms with Crippen molar-refractivity contribution in [2.75, 3.05) is 0 Å². The lowest BCUT2D eigenvalue weighted by Crippen LogP contribution is -1.91. The van der Waals surface area contributed by atoms with Gasteiger partial charge in [0, 0.05) is 0 Å². The molecule has 0 heterocycles. The molecule has 0 aliphatic carbocycles. The van der Waals surface area contributed by atoms with Crippen molar-refractivity contribution >= 4 is 0 Å². The number of benzene rings is 2. The third-order valence-corrected chi connectivity index (χ3v) is 2.34. The summed E-state index contributed by atoms with van der Waals surface area (Å²) in [4.78, 5) is 0. The molecular formula is C13H10F2O. The molecule has 2 aromatic rings. The Hall–Kier alpha value is -1.90. The maximum absolute atomic E-state index is 13.6. The molecule has 0 aliphatic heterocycles. The minimum atomic E-state index is -0.594. The minimum Gasteiger partial charge on any atom is -0.508 e. The average Bonchev–Trinajstić information content (AvgIpc) is 2.19. The summed E-state index contributed by atoms with van der Waals surface area (Å²) < 4.78 is 27.2. The number of phenolic OH excluding ortho intramolecular Hbond substituents is 1. The fourth-order valence-electron chi connectivity index (χ4n) is 1.60. The maximum Gasteiger partial charge on any atom is 0.134 e. The van der Waals surface area contributed by atoms with Crippen molar-refractivity contribution in [3.63, 3.8) is 0 Å². The fourth-order valence-corrected chi connectivity index (χ4v) is 1.60. The van der Waals surface area contributed by atoms with E-state index in [0.29, 0.717) is 11.1 Å². The number of aryl methyl sites for hydroxylation is 1. The summed E-state index contributed by atoms with van der Waals surface area (Å²) in [6.07, 6.45) is 0. The second kappa shape index (κ2) is 3.93. The van der Waals surface area contributed by atoms with Gasteiger partial charge in [-0.05, 0) is 42.3 Å². The van der Waals surface area contributed by atoms with Crippen molar-refractivity contribution in [2.24, 2.45) is 0 Å². The van der Waals surface area contributed by atoms with Crippen LogP contribution in [0.3, 0.4) is 0 Å². The zero-order valence-electron chi connectivity index (χ0n) is 8.67. The van der Waals surface area contributed by atoms with Gasteiger partial charge in [0.05, 0.1) is 5.56 Å². The maximum atomic E-state index is 13.6. The van der Waals surface area contributed by atoms with Crippen LogP contribution in [0.1, 0.15) is 5.56 Å². The van der Waals surface area contributed by atoms with Gasteiger partial charge in [-0.15, -0.1) is 0 Å². The number of phenols is 1. The third kappa shape index (κ3) is 1.89.